The van der Waals surface area contributed by atoms with Gasteiger partial charge in [0.05, 0.1) is 5.52 Å². The molecule has 1 N–H and O–H groups in total. The van der Waals surface area contributed by atoms with Crippen molar-refractivity contribution >= 4 is 10.9 Å². The second-order valence-electron chi connectivity index (χ2n) is 3.62. The van der Waals surface area contributed by atoms with Gasteiger partial charge in [-0.2, -0.15) is 0 Å². The molecule has 0 saturated heterocycles. The van der Waals surface area contributed by atoms with Crippen molar-refractivity contribution in [3.63, 3.8) is 0 Å². The molecule has 2 aromatic rings. The molecule has 2 heteroatoms. The number of rotatable bonds is 0. The zero-order valence-electron chi connectivity index (χ0n) is 8.63. The van der Waals surface area contributed by atoms with Crippen molar-refractivity contribution in [2.75, 3.05) is 0 Å². The SMILES string of the molecule is Cc1nc2cccc(O)c2c(C)c1C. The fraction of sp³-hybridized carbons (Fsp3) is 0.250. The highest BCUT2D eigenvalue weighted by Crippen LogP contribution is 2.29. The molecule has 0 radical (unpaired) electrons. The average Bonchev–Trinajstić information content (AvgIpc) is 2.14. The summed E-state index contributed by atoms with van der Waals surface area (Å²) in [5.41, 5.74) is 4.16. The van der Waals surface area contributed by atoms with Gasteiger partial charge < -0.3 is 5.11 Å². The molecule has 0 unspecified atom stereocenters. The van der Waals surface area contributed by atoms with E-state index < -0.39 is 0 Å². The highest BCUT2D eigenvalue weighted by atomic mass is 16.3. The van der Waals surface area contributed by atoms with E-state index >= 15 is 0 Å². The molecular weight excluding hydrogens is 174 g/mol. The summed E-state index contributed by atoms with van der Waals surface area (Å²) in [7, 11) is 0. The maximum atomic E-state index is 9.73. The third kappa shape index (κ3) is 1.15. The molecule has 0 spiro atoms. The summed E-state index contributed by atoms with van der Waals surface area (Å²) >= 11 is 0. The molecule has 2 nitrogen and oxygen atoms in total. The van der Waals surface area contributed by atoms with E-state index in [1.807, 2.05) is 32.9 Å². The molecule has 1 aromatic heterocycles. The van der Waals surface area contributed by atoms with Gasteiger partial charge in [-0.3, -0.25) is 4.98 Å². The Bertz CT molecular complexity index is 503. The zero-order chi connectivity index (χ0) is 10.3. The Morgan fingerprint density at radius 3 is 2.50 bits per heavy atom. The van der Waals surface area contributed by atoms with Gasteiger partial charge in [0.2, 0.25) is 0 Å². The van der Waals surface area contributed by atoms with Gasteiger partial charge in [-0.05, 0) is 44.0 Å². The number of fused-ring (bicyclic) bond motifs is 1. The van der Waals surface area contributed by atoms with Gasteiger partial charge in [-0.25, -0.2) is 0 Å². The number of phenols is 1. The number of benzene rings is 1. The first-order valence-electron chi connectivity index (χ1n) is 4.66. The quantitative estimate of drug-likeness (QED) is 0.688. The van der Waals surface area contributed by atoms with Gasteiger partial charge in [-0.1, -0.05) is 6.07 Å². The summed E-state index contributed by atoms with van der Waals surface area (Å²) in [6.45, 7) is 6.04. The predicted molar refractivity (Wildman–Crippen MR) is 57.6 cm³/mol. The highest BCUT2D eigenvalue weighted by molar-refractivity contribution is 5.89. The molecule has 0 bridgehead atoms. The van der Waals surface area contributed by atoms with E-state index in [0.29, 0.717) is 5.75 Å². The van der Waals surface area contributed by atoms with E-state index in [-0.39, 0.29) is 0 Å². The van der Waals surface area contributed by atoms with Crippen LogP contribution in [0.25, 0.3) is 10.9 Å². The van der Waals surface area contributed by atoms with Gasteiger partial charge >= 0.3 is 0 Å². The van der Waals surface area contributed by atoms with Gasteiger partial charge in [-0.15, -0.1) is 0 Å². The normalized spacial score (nSPS) is 10.8. The first-order chi connectivity index (χ1) is 6.61. The standard InChI is InChI=1S/C12H13NO/c1-7-8(2)12-10(13-9(7)3)5-4-6-11(12)14/h4-6,14H,1-3H3. The number of phenolic OH excluding ortho intramolecular Hbond substituents is 1. The van der Waals surface area contributed by atoms with Crippen LogP contribution < -0.4 is 0 Å². The van der Waals surface area contributed by atoms with Crippen molar-refractivity contribution in [1.29, 1.82) is 0 Å². The Morgan fingerprint density at radius 2 is 1.79 bits per heavy atom. The van der Waals surface area contributed by atoms with Gasteiger partial charge in [0.1, 0.15) is 5.75 Å². The molecule has 0 aliphatic heterocycles. The molecule has 0 aliphatic carbocycles. The van der Waals surface area contributed by atoms with E-state index in [1.54, 1.807) is 6.07 Å². The van der Waals surface area contributed by atoms with Crippen molar-refractivity contribution in [2.45, 2.75) is 20.8 Å². The molecule has 1 heterocycles. The Morgan fingerprint density at radius 1 is 1.07 bits per heavy atom. The van der Waals surface area contributed by atoms with Gasteiger partial charge in [0.15, 0.2) is 0 Å². The minimum absolute atomic E-state index is 0.315. The number of pyridine rings is 1. The summed E-state index contributed by atoms with van der Waals surface area (Å²) in [6.07, 6.45) is 0. The zero-order valence-corrected chi connectivity index (χ0v) is 8.63. The summed E-state index contributed by atoms with van der Waals surface area (Å²) < 4.78 is 0. The first-order valence-corrected chi connectivity index (χ1v) is 4.66. The topological polar surface area (TPSA) is 33.1 Å². The number of hydrogen-bond acceptors (Lipinski definition) is 2. The predicted octanol–water partition coefficient (Wildman–Crippen LogP) is 2.87. The Hall–Kier alpha value is -1.57. The summed E-state index contributed by atoms with van der Waals surface area (Å²) in [4.78, 5) is 4.44. The highest BCUT2D eigenvalue weighted by Gasteiger charge is 2.08. The Kier molecular flexibility index (Phi) is 1.92. The molecule has 0 aliphatic rings. The van der Waals surface area contributed by atoms with Crippen LogP contribution in [0.1, 0.15) is 16.8 Å². The molecular formula is C12H13NO. The van der Waals surface area contributed by atoms with Crippen LogP contribution in [0, 0.1) is 20.8 Å². The maximum absolute atomic E-state index is 9.73. The molecule has 14 heavy (non-hydrogen) atoms. The van der Waals surface area contributed by atoms with E-state index in [4.69, 9.17) is 0 Å². The number of aromatic nitrogens is 1. The monoisotopic (exact) mass is 187 g/mol. The largest absolute Gasteiger partial charge is 0.507 e. The second kappa shape index (κ2) is 2.98. The van der Waals surface area contributed by atoms with Crippen LogP contribution in [0.3, 0.4) is 0 Å². The smallest absolute Gasteiger partial charge is 0.125 e. The summed E-state index contributed by atoms with van der Waals surface area (Å²) in [6, 6.07) is 5.44. The van der Waals surface area contributed by atoms with E-state index in [1.165, 1.54) is 0 Å². The minimum atomic E-state index is 0.315. The molecule has 2 rings (SSSR count). The second-order valence-corrected chi connectivity index (χ2v) is 3.62. The third-order valence-electron chi connectivity index (χ3n) is 2.79. The number of aryl methyl sites for hydroxylation is 2. The summed E-state index contributed by atoms with van der Waals surface area (Å²) in [5.74, 6) is 0.315. The van der Waals surface area contributed by atoms with Crippen molar-refractivity contribution in [1.82, 2.24) is 4.98 Å². The van der Waals surface area contributed by atoms with Crippen LogP contribution in [-0.2, 0) is 0 Å². The fourth-order valence-corrected chi connectivity index (χ4v) is 1.73. The lowest BCUT2D eigenvalue weighted by Gasteiger charge is -2.09. The van der Waals surface area contributed by atoms with Crippen LogP contribution in [0.15, 0.2) is 18.2 Å². The van der Waals surface area contributed by atoms with Crippen LogP contribution in [0.2, 0.25) is 0 Å². The molecule has 0 atom stereocenters. The molecule has 0 fully saturated rings. The maximum Gasteiger partial charge on any atom is 0.125 e. The van der Waals surface area contributed by atoms with E-state index in [2.05, 4.69) is 4.98 Å². The van der Waals surface area contributed by atoms with Crippen LogP contribution in [0.4, 0.5) is 0 Å². The first kappa shape index (κ1) is 9.00. The fourth-order valence-electron chi connectivity index (χ4n) is 1.73. The van der Waals surface area contributed by atoms with Crippen molar-refractivity contribution in [2.24, 2.45) is 0 Å². The van der Waals surface area contributed by atoms with Crippen LogP contribution in [0.5, 0.6) is 5.75 Å². The Labute approximate surface area is 83.2 Å². The number of hydrogen-bond donors (Lipinski definition) is 1. The Balaban J connectivity index is 2.99. The minimum Gasteiger partial charge on any atom is -0.507 e. The van der Waals surface area contributed by atoms with Crippen molar-refractivity contribution in [3.8, 4) is 5.75 Å². The summed E-state index contributed by atoms with van der Waals surface area (Å²) in [5, 5.41) is 10.6. The van der Waals surface area contributed by atoms with Crippen LogP contribution in [-0.4, -0.2) is 10.1 Å². The molecule has 1 aromatic carbocycles. The average molecular weight is 187 g/mol. The number of nitrogens with zero attached hydrogens (tertiary/aromatic N) is 1. The number of aromatic hydroxyl groups is 1. The van der Waals surface area contributed by atoms with Crippen molar-refractivity contribution in [3.05, 3.63) is 35.0 Å². The lowest BCUT2D eigenvalue weighted by molar-refractivity contribution is 0.481. The molecule has 72 valence electrons. The van der Waals surface area contributed by atoms with Crippen LogP contribution >= 0.6 is 0 Å². The lowest BCUT2D eigenvalue weighted by atomic mass is 10.0. The van der Waals surface area contributed by atoms with Gasteiger partial charge in [0, 0.05) is 11.1 Å². The van der Waals surface area contributed by atoms with E-state index in [9.17, 15) is 5.11 Å². The van der Waals surface area contributed by atoms with E-state index in [0.717, 1.165) is 27.7 Å². The van der Waals surface area contributed by atoms with Crippen molar-refractivity contribution < 1.29 is 5.11 Å². The third-order valence-corrected chi connectivity index (χ3v) is 2.79. The van der Waals surface area contributed by atoms with Gasteiger partial charge in [0.25, 0.3) is 0 Å². The lowest BCUT2D eigenvalue weighted by Crippen LogP contribution is -1.93. The molecule has 0 saturated carbocycles. The molecule has 0 amide bonds.